The summed E-state index contributed by atoms with van der Waals surface area (Å²) < 4.78 is 4.89. The Morgan fingerprint density at radius 1 is 0.971 bits per heavy atom. The van der Waals surface area contributed by atoms with E-state index >= 15 is 0 Å². The first kappa shape index (κ1) is 23.4. The molecule has 0 fully saturated rings. The van der Waals surface area contributed by atoms with Gasteiger partial charge < -0.3 is 15.0 Å². The fourth-order valence-corrected chi connectivity index (χ4v) is 4.26. The molecule has 3 amide bonds. The SMILES string of the molecule is CCOC(=O)CCC(=O)Nc1cccc2cc3cccc4c3c(c12)C(=O)N(CCN(C)C)C4=O. The van der Waals surface area contributed by atoms with E-state index in [1.54, 1.807) is 25.1 Å². The lowest BCUT2D eigenvalue weighted by Gasteiger charge is -2.29. The maximum atomic E-state index is 13.7. The Morgan fingerprint density at radius 2 is 1.68 bits per heavy atom. The van der Waals surface area contributed by atoms with E-state index in [2.05, 4.69) is 5.32 Å². The molecule has 176 valence electrons. The molecule has 1 aliphatic rings. The van der Waals surface area contributed by atoms with Crippen LogP contribution in [0.25, 0.3) is 21.5 Å². The minimum absolute atomic E-state index is 0.0316. The Hall–Kier alpha value is -3.78. The number of fused-ring (bicyclic) bond motifs is 2. The third-order valence-electron chi connectivity index (χ3n) is 5.85. The maximum Gasteiger partial charge on any atom is 0.306 e. The van der Waals surface area contributed by atoms with Crippen LogP contribution in [0.1, 0.15) is 40.5 Å². The smallest absolute Gasteiger partial charge is 0.306 e. The topological polar surface area (TPSA) is 96.0 Å². The lowest BCUT2D eigenvalue weighted by Crippen LogP contribution is -2.43. The Balaban J connectivity index is 1.81. The van der Waals surface area contributed by atoms with Crippen molar-refractivity contribution in [2.75, 3.05) is 39.1 Å². The van der Waals surface area contributed by atoms with E-state index in [9.17, 15) is 19.2 Å². The van der Waals surface area contributed by atoms with E-state index in [4.69, 9.17) is 4.74 Å². The molecule has 0 aliphatic carbocycles. The van der Waals surface area contributed by atoms with Crippen molar-refractivity contribution in [1.82, 2.24) is 9.80 Å². The van der Waals surface area contributed by atoms with Gasteiger partial charge in [-0.05, 0) is 50.0 Å². The molecular formula is C26H27N3O5. The normalized spacial score (nSPS) is 13.1. The number of nitrogens with one attached hydrogen (secondary N) is 1. The summed E-state index contributed by atoms with van der Waals surface area (Å²) in [7, 11) is 3.76. The van der Waals surface area contributed by atoms with Gasteiger partial charge in [0.25, 0.3) is 11.8 Å². The van der Waals surface area contributed by atoms with E-state index in [1.165, 1.54) is 4.90 Å². The average Bonchev–Trinajstić information content (AvgIpc) is 2.80. The molecule has 3 aromatic carbocycles. The van der Waals surface area contributed by atoms with E-state index < -0.39 is 5.97 Å². The summed E-state index contributed by atoms with van der Waals surface area (Å²) in [6.45, 7) is 2.76. The molecule has 0 unspecified atom stereocenters. The molecule has 8 nitrogen and oxygen atoms in total. The van der Waals surface area contributed by atoms with Crippen molar-refractivity contribution in [2.24, 2.45) is 0 Å². The van der Waals surface area contributed by atoms with Gasteiger partial charge in [-0.1, -0.05) is 24.3 Å². The number of imide groups is 1. The average molecular weight is 462 g/mol. The molecule has 0 saturated carbocycles. The fraction of sp³-hybridized carbons (Fsp3) is 0.308. The van der Waals surface area contributed by atoms with Crippen LogP contribution in [-0.2, 0) is 14.3 Å². The molecule has 1 aliphatic heterocycles. The van der Waals surface area contributed by atoms with Crippen molar-refractivity contribution < 1.29 is 23.9 Å². The van der Waals surface area contributed by atoms with Crippen LogP contribution < -0.4 is 5.32 Å². The Morgan fingerprint density at radius 3 is 2.38 bits per heavy atom. The second-order valence-corrected chi connectivity index (χ2v) is 8.48. The van der Waals surface area contributed by atoms with Crippen LogP contribution in [0, 0.1) is 0 Å². The van der Waals surface area contributed by atoms with Crippen LogP contribution in [0.5, 0.6) is 0 Å². The van der Waals surface area contributed by atoms with E-state index in [1.807, 2.05) is 43.3 Å². The molecule has 4 rings (SSSR count). The van der Waals surface area contributed by atoms with Crippen molar-refractivity contribution in [1.29, 1.82) is 0 Å². The number of esters is 1. The highest BCUT2D eigenvalue weighted by Crippen LogP contribution is 2.38. The number of nitrogens with zero attached hydrogens (tertiary/aromatic N) is 2. The van der Waals surface area contributed by atoms with Crippen LogP contribution in [0.15, 0.2) is 42.5 Å². The fourth-order valence-electron chi connectivity index (χ4n) is 4.26. The highest BCUT2D eigenvalue weighted by Gasteiger charge is 2.34. The van der Waals surface area contributed by atoms with E-state index in [-0.39, 0.29) is 43.7 Å². The summed E-state index contributed by atoms with van der Waals surface area (Å²) in [5.74, 6) is -1.49. The minimum atomic E-state index is -0.438. The zero-order valence-electron chi connectivity index (χ0n) is 19.5. The molecule has 1 heterocycles. The van der Waals surface area contributed by atoms with E-state index in [0.29, 0.717) is 34.1 Å². The number of carbonyl (C=O) groups excluding carboxylic acids is 4. The monoisotopic (exact) mass is 461 g/mol. The third-order valence-corrected chi connectivity index (χ3v) is 5.85. The predicted molar refractivity (Wildman–Crippen MR) is 130 cm³/mol. The van der Waals surface area contributed by atoms with Gasteiger partial charge in [-0.2, -0.15) is 0 Å². The summed E-state index contributed by atoms with van der Waals surface area (Å²) in [5.41, 5.74) is 1.34. The zero-order valence-corrected chi connectivity index (χ0v) is 19.5. The zero-order chi connectivity index (χ0) is 24.4. The largest absolute Gasteiger partial charge is 0.466 e. The van der Waals surface area contributed by atoms with Crippen LogP contribution in [0.2, 0.25) is 0 Å². The number of benzene rings is 3. The lowest BCUT2D eigenvalue weighted by atomic mass is 9.89. The van der Waals surface area contributed by atoms with Crippen LogP contribution in [0.4, 0.5) is 5.69 Å². The van der Waals surface area contributed by atoms with Crippen LogP contribution >= 0.6 is 0 Å². The van der Waals surface area contributed by atoms with Crippen LogP contribution in [0.3, 0.4) is 0 Å². The Kier molecular flexibility index (Phi) is 6.61. The molecule has 34 heavy (non-hydrogen) atoms. The third kappa shape index (κ3) is 4.36. The van der Waals surface area contributed by atoms with Crippen LogP contribution in [-0.4, -0.2) is 67.3 Å². The van der Waals surface area contributed by atoms with Gasteiger partial charge >= 0.3 is 5.97 Å². The first-order valence-corrected chi connectivity index (χ1v) is 11.3. The second-order valence-electron chi connectivity index (χ2n) is 8.48. The first-order valence-electron chi connectivity index (χ1n) is 11.3. The van der Waals surface area contributed by atoms with Gasteiger partial charge in [0.05, 0.1) is 18.6 Å². The van der Waals surface area contributed by atoms with Crippen molar-refractivity contribution in [3.8, 4) is 0 Å². The molecule has 0 aromatic heterocycles. The van der Waals surface area contributed by atoms with Gasteiger partial charge in [-0.15, -0.1) is 0 Å². The highest BCUT2D eigenvalue weighted by atomic mass is 16.5. The molecular weight excluding hydrogens is 434 g/mol. The summed E-state index contributed by atoms with van der Waals surface area (Å²) >= 11 is 0. The number of likely N-dealkylation sites (N-methyl/N-ethyl adjacent to an activating group) is 1. The van der Waals surface area contributed by atoms with Crippen molar-refractivity contribution >= 4 is 50.9 Å². The number of carbonyl (C=O) groups is 4. The molecule has 0 atom stereocenters. The van der Waals surface area contributed by atoms with Crippen molar-refractivity contribution in [3.63, 3.8) is 0 Å². The van der Waals surface area contributed by atoms with Gasteiger partial charge in [0.1, 0.15) is 0 Å². The number of amides is 3. The Bertz CT molecular complexity index is 1310. The maximum absolute atomic E-state index is 13.7. The number of hydrogen-bond donors (Lipinski definition) is 1. The van der Waals surface area contributed by atoms with Gasteiger partial charge in [0.15, 0.2) is 0 Å². The van der Waals surface area contributed by atoms with Gasteiger partial charge in [-0.3, -0.25) is 24.1 Å². The molecule has 0 radical (unpaired) electrons. The molecule has 0 bridgehead atoms. The number of hydrogen-bond acceptors (Lipinski definition) is 6. The van der Waals surface area contributed by atoms with Crippen molar-refractivity contribution in [2.45, 2.75) is 19.8 Å². The first-order chi connectivity index (χ1) is 16.3. The molecule has 0 saturated heterocycles. The van der Waals surface area contributed by atoms with Gasteiger partial charge in [-0.25, -0.2) is 0 Å². The predicted octanol–water partition coefficient (Wildman–Crippen LogP) is 3.43. The number of rotatable bonds is 8. The van der Waals surface area contributed by atoms with E-state index in [0.717, 1.165) is 10.8 Å². The number of ether oxygens (including phenoxy) is 1. The molecule has 0 spiro atoms. The molecule has 8 heteroatoms. The lowest BCUT2D eigenvalue weighted by molar-refractivity contribution is -0.144. The quantitative estimate of drug-likeness (QED) is 0.314. The Labute approximate surface area is 197 Å². The number of anilines is 1. The highest BCUT2D eigenvalue weighted by molar-refractivity contribution is 6.32. The van der Waals surface area contributed by atoms with Gasteiger partial charge in [0.2, 0.25) is 5.91 Å². The molecule has 3 aromatic rings. The van der Waals surface area contributed by atoms with Crippen molar-refractivity contribution in [3.05, 3.63) is 53.6 Å². The minimum Gasteiger partial charge on any atom is -0.466 e. The molecule has 1 N–H and O–H groups in total. The standard InChI is InChI=1S/C26H27N3O5/c1-4-34-21(31)12-11-20(30)27-19-10-6-8-17-15-16-7-5-9-18-22(16)24(23(17)19)26(33)29(25(18)32)14-13-28(2)3/h5-10,15H,4,11-14H2,1-3H3,(H,27,30). The summed E-state index contributed by atoms with van der Waals surface area (Å²) in [6, 6.07) is 12.7. The van der Waals surface area contributed by atoms with Gasteiger partial charge in [0, 0.05) is 41.5 Å². The summed E-state index contributed by atoms with van der Waals surface area (Å²) in [4.78, 5) is 54.3. The summed E-state index contributed by atoms with van der Waals surface area (Å²) in [6.07, 6.45) is -0.0686. The summed E-state index contributed by atoms with van der Waals surface area (Å²) in [5, 5.41) is 5.60. The second kappa shape index (κ2) is 9.61.